The van der Waals surface area contributed by atoms with Crippen LogP contribution in [0.1, 0.15) is 27.9 Å². The maximum absolute atomic E-state index is 11.9. The van der Waals surface area contributed by atoms with E-state index in [9.17, 15) is 4.79 Å². The van der Waals surface area contributed by atoms with Crippen molar-refractivity contribution < 1.29 is 9.53 Å². The lowest BCUT2D eigenvalue weighted by molar-refractivity contribution is -0.127. The molecule has 1 aliphatic rings. The molecule has 0 spiro atoms. The van der Waals surface area contributed by atoms with Gasteiger partial charge in [-0.15, -0.1) is 35.3 Å². The van der Waals surface area contributed by atoms with Crippen molar-refractivity contribution in [3.05, 3.63) is 45.9 Å². The number of nitrogens with one attached hydrogen (secondary N) is 2. The van der Waals surface area contributed by atoms with Gasteiger partial charge < -0.3 is 20.3 Å². The van der Waals surface area contributed by atoms with E-state index in [-0.39, 0.29) is 42.5 Å². The molecule has 0 bridgehead atoms. The summed E-state index contributed by atoms with van der Waals surface area (Å²) < 4.78 is 5.73. The molecule has 7 nitrogen and oxygen atoms in total. The molecular formula is C19H26IN5O2S. The minimum atomic E-state index is -0.0476. The molecule has 1 aromatic heterocycles. The molecule has 152 valence electrons. The molecule has 28 heavy (non-hydrogen) atoms. The summed E-state index contributed by atoms with van der Waals surface area (Å²) in [6.45, 7) is 3.32. The third-order valence-electron chi connectivity index (χ3n) is 4.22. The van der Waals surface area contributed by atoms with Crippen molar-refractivity contribution >= 4 is 47.2 Å². The van der Waals surface area contributed by atoms with Crippen LogP contribution in [0, 0.1) is 6.92 Å². The second-order valence-corrected chi connectivity index (χ2v) is 7.86. The molecule has 1 amide bonds. The number of rotatable bonds is 5. The first kappa shape index (κ1) is 22.4. The fourth-order valence-electron chi connectivity index (χ4n) is 2.74. The smallest absolute Gasteiger partial charge is 0.243 e. The number of amides is 1. The first-order valence-electron chi connectivity index (χ1n) is 8.91. The number of carbonyl (C=O) groups excluding carboxylic acids is 1. The Balaban J connectivity index is 0.00000280. The van der Waals surface area contributed by atoms with E-state index in [0.29, 0.717) is 19.1 Å². The zero-order valence-electron chi connectivity index (χ0n) is 16.3. The van der Waals surface area contributed by atoms with Crippen molar-refractivity contribution in [2.75, 3.05) is 27.2 Å². The van der Waals surface area contributed by atoms with Crippen LogP contribution in [0.15, 0.2) is 35.5 Å². The highest BCUT2D eigenvalue weighted by atomic mass is 127. The molecule has 9 heteroatoms. The number of carbonyl (C=O) groups is 1. The van der Waals surface area contributed by atoms with Crippen LogP contribution in [-0.2, 0) is 11.3 Å². The minimum absolute atomic E-state index is 0. The number of guanidine groups is 1. The zero-order chi connectivity index (χ0) is 19.2. The molecule has 1 aliphatic heterocycles. The third kappa shape index (κ3) is 6.06. The van der Waals surface area contributed by atoms with E-state index in [1.807, 2.05) is 31.3 Å². The SMILES string of the molecule is Cc1cnc(CNC(=NCC(=O)N(C)C)NC2CCOc3ccccc32)s1.I. The van der Waals surface area contributed by atoms with E-state index < -0.39 is 0 Å². The van der Waals surface area contributed by atoms with Gasteiger partial charge in [-0.05, 0) is 13.0 Å². The molecule has 2 aromatic rings. The number of ether oxygens (including phenoxy) is 1. The Labute approximate surface area is 186 Å². The van der Waals surface area contributed by atoms with Crippen LogP contribution in [0.25, 0.3) is 0 Å². The molecule has 1 aromatic carbocycles. The van der Waals surface area contributed by atoms with Crippen LogP contribution in [-0.4, -0.2) is 49.0 Å². The number of benzene rings is 1. The average molecular weight is 515 g/mol. The van der Waals surface area contributed by atoms with Crippen molar-refractivity contribution in [2.45, 2.75) is 25.9 Å². The van der Waals surface area contributed by atoms with Crippen LogP contribution in [0.5, 0.6) is 5.75 Å². The Hall–Kier alpha value is -1.88. The number of nitrogens with zero attached hydrogens (tertiary/aromatic N) is 3. The maximum Gasteiger partial charge on any atom is 0.243 e. The molecule has 2 N–H and O–H groups in total. The summed E-state index contributed by atoms with van der Waals surface area (Å²) in [5.74, 6) is 1.44. The normalized spacial score (nSPS) is 15.7. The van der Waals surface area contributed by atoms with Crippen molar-refractivity contribution in [3.63, 3.8) is 0 Å². The maximum atomic E-state index is 11.9. The summed E-state index contributed by atoms with van der Waals surface area (Å²) in [4.78, 5) is 23.5. The molecular weight excluding hydrogens is 489 g/mol. The number of aromatic nitrogens is 1. The van der Waals surface area contributed by atoms with Gasteiger partial charge in [0.05, 0.1) is 19.2 Å². The summed E-state index contributed by atoms with van der Waals surface area (Å²) >= 11 is 1.64. The van der Waals surface area contributed by atoms with Gasteiger partial charge in [-0.1, -0.05) is 18.2 Å². The van der Waals surface area contributed by atoms with E-state index in [2.05, 4.69) is 26.7 Å². The molecule has 3 rings (SSSR count). The molecule has 2 heterocycles. The van der Waals surface area contributed by atoms with Crippen molar-refractivity contribution in [2.24, 2.45) is 4.99 Å². The van der Waals surface area contributed by atoms with E-state index in [0.717, 1.165) is 22.7 Å². The lowest BCUT2D eigenvalue weighted by Crippen LogP contribution is -2.41. The molecule has 1 unspecified atom stereocenters. The number of para-hydroxylation sites is 1. The van der Waals surface area contributed by atoms with Crippen molar-refractivity contribution in [3.8, 4) is 5.75 Å². The monoisotopic (exact) mass is 515 g/mol. The Morgan fingerprint density at radius 3 is 2.89 bits per heavy atom. The Morgan fingerprint density at radius 2 is 2.18 bits per heavy atom. The second kappa shape index (κ2) is 10.6. The van der Waals surface area contributed by atoms with Gasteiger partial charge in [0.2, 0.25) is 5.91 Å². The first-order valence-corrected chi connectivity index (χ1v) is 9.72. The number of hydrogen-bond donors (Lipinski definition) is 2. The van der Waals surface area contributed by atoms with Gasteiger partial charge in [-0.3, -0.25) is 4.79 Å². The Morgan fingerprint density at radius 1 is 1.39 bits per heavy atom. The Bertz CT molecular complexity index is 824. The van der Waals surface area contributed by atoms with Crippen LogP contribution in [0.2, 0.25) is 0 Å². The van der Waals surface area contributed by atoms with Gasteiger partial charge in [0.1, 0.15) is 17.3 Å². The fourth-order valence-corrected chi connectivity index (χ4v) is 3.47. The highest BCUT2D eigenvalue weighted by Gasteiger charge is 2.22. The van der Waals surface area contributed by atoms with Crippen molar-refractivity contribution in [1.82, 2.24) is 20.5 Å². The zero-order valence-corrected chi connectivity index (χ0v) is 19.4. The highest BCUT2D eigenvalue weighted by Crippen LogP contribution is 2.31. The number of hydrogen-bond acceptors (Lipinski definition) is 5. The molecule has 0 saturated carbocycles. The predicted molar refractivity (Wildman–Crippen MR) is 123 cm³/mol. The summed E-state index contributed by atoms with van der Waals surface area (Å²) in [6.07, 6.45) is 2.69. The minimum Gasteiger partial charge on any atom is -0.493 e. The average Bonchev–Trinajstić information content (AvgIpc) is 3.09. The van der Waals surface area contributed by atoms with E-state index in [4.69, 9.17) is 4.74 Å². The van der Waals surface area contributed by atoms with Crippen LogP contribution in [0.3, 0.4) is 0 Å². The van der Waals surface area contributed by atoms with Crippen molar-refractivity contribution in [1.29, 1.82) is 0 Å². The van der Waals surface area contributed by atoms with Crippen LogP contribution < -0.4 is 15.4 Å². The van der Waals surface area contributed by atoms with Crippen LogP contribution >= 0.6 is 35.3 Å². The van der Waals surface area contributed by atoms with E-state index in [1.54, 1.807) is 25.4 Å². The lowest BCUT2D eigenvalue weighted by atomic mass is 10.0. The highest BCUT2D eigenvalue weighted by molar-refractivity contribution is 14.0. The number of fused-ring (bicyclic) bond motifs is 1. The molecule has 0 fully saturated rings. The largest absolute Gasteiger partial charge is 0.493 e. The lowest BCUT2D eigenvalue weighted by Gasteiger charge is -2.28. The predicted octanol–water partition coefficient (Wildman–Crippen LogP) is 2.72. The summed E-state index contributed by atoms with van der Waals surface area (Å²) in [6, 6.07) is 8.07. The number of thiazole rings is 1. The second-order valence-electron chi connectivity index (χ2n) is 6.54. The Kier molecular flexibility index (Phi) is 8.49. The van der Waals surface area contributed by atoms with Gasteiger partial charge in [0, 0.05) is 37.2 Å². The van der Waals surface area contributed by atoms with E-state index in [1.165, 1.54) is 9.78 Å². The molecule has 0 radical (unpaired) electrons. The number of halogens is 1. The van der Waals surface area contributed by atoms with Gasteiger partial charge in [0.25, 0.3) is 0 Å². The quantitative estimate of drug-likeness (QED) is 0.364. The fraction of sp³-hybridized carbons (Fsp3) is 0.421. The molecule has 0 aliphatic carbocycles. The summed E-state index contributed by atoms with van der Waals surface area (Å²) in [5, 5.41) is 7.73. The van der Waals surface area contributed by atoms with Gasteiger partial charge in [-0.2, -0.15) is 0 Å². The number of aliphatic imine (C=N–C) groups is 1. The number of aryl methyl sites for hydroxylation is 1. The third-order valence-corrected chi connectivity index (χ3v) is 5.13. The topological polar surface area (TPSA) is 78.9 Å². The summed E-state index contributed by atoms with van der Waals surface area (Å²) in [5.41, 5.74) is 1.10. The van der Waals surface area contributed by atoms with Gasteiger partial charge in [0.15, 0.2) is 5.96 Å². The van der Waals surface area contributed by atoms with Gasteiger partial charge >= 0.3 is 0 Å². The number of likely N-dealkylation sites (N-methyl/N-ethyl adjacent to an activating group) is 1. The molecule has 0 saturated heterocycles. The standard InChI is InChI=1S/C19H25N5O2S.HI/c1-13-10-20-17(27-13)11-21-19(22-12-18(25)24(2)3)23-15-8-9-26-16-7-5-4-6-14(15)16;/h4-7,10,15H,8-9,11-12H2,1-3H3,(H2,21,22,23);1H. The van der Waals surface area contributed by atoms with Gasteiger partial charge in [-0.25, -0.2) is 9.98 Å². The van der Waals surface area contributed by atoms with E-state index >= 15 is 0 Å². The first-order chi connectivity index (χ1) is 13.0. The van der Waals surface area contributed by atoms with Crippen LogP contribution in [0.4, 0.5) is 0 Å². The molecule has 1 atom stereocenters. The summed E-state index contributed by atoms with van der Waals surface area (Å²) in [7, 11) is 3.46.